The number of fused-ring (bicyclic) bond motifs is 1. The lowest BCUT2D eigenvalue weighted by Gasteiger charge is -2.19. The Balaban J connectivity index is 1.38. The van der Waals surface area contributed by atoms with Gasteiger partial charge in [0.2, 0.25) is 0 Å². The summed E-state index contributed by atoms with van der Waals surface area (Å²) in [5, 5.41) is 3.10. The van der Waals surface area contributed by atoms with Crippen LogP contribution < -0.4 is 10.9 Å². The molecule has 0 spiro atoms. The van der Waals surface area contributed by atoms with Crippen molar-refractivity contribution in [2.75, 3.05) is 11.1 Å². The smallest absolute Gasteiger partial charge is 0.295 e. The maximum absolute atomic E-state index is 13.8. The van der Waals surface area contributed by atoms with Crippen molar-refractivity contribution in [1.29, 1.82) is 0 Å². The second-order valence-electron chi connectivity index (χ2n) is 10.4. The van der Waals surface area contributed by atoms with Crippen LogP contribution >= 0.6 is 0 Å². The number of nitrogens with zero attached hydrogens (tertiary/aromatic N) is 7. The van der Waals surface area contributed by atoms with Gasteiger partial charge in [0, 0.05) is 18.2 Å². The molecule has 0 aromatic carbocycles. The van der Waals surface area contributed by atoms with Crippen molar-refractivity contribution in [2.24, 2.45) is 5.92 Å². The van der Waals surface area contributed by atoms with Gasteiger partial charge in [-0.25, -0.2) is 33.3 Å². The molecule has 4 aromatic heterocycles. The van der Waals surface area contributed by atoms with E-state index in [0.29, 0.717) is 34.5 Å². The van der Waals surface area contributed by atoms with Crippen molar-refractivity contribution in [3.8, 4) is 11.4 Å². The Morgan fingerprint density at radius 1 is 1.05 bits per heavy atom. The monoisotopic (exact) mass is 546 g/mol. The minimum atomic E-state index is -3.33. The maximum atomic E-state index is 13.8. The van der Waals surface area contributed by atoms with Crippen molar-refractivity contribution < 1.29 is 8.42 Å². The molecule has 39 heavy (non-hydrogen) atoms. The lowest BCUT2D eigenvalue weighted by molar-refractivity contribution is 0.482. The van der Waals surface area contributed by atoms with E-state index in [9.17, 15) is 13.2 Å². The molecule has 12 heteroatoms. The Morgan fingerprint density at radius 3 is 2.51 bits per heavy atom. The summed E-state index contributed by atoms with van der Waals surface area (Å²) in [6.45, 7) is 5.78. The van der Waals surface area contributed by atoms with Gasteiger partial charge in [0.15, 0.2) is 27.1 Å². The molecule has 2 aliphatic carbocycles. The van der Waals surface area contributed by atoms with Gasteiger partial charge in [0.05, 0.1) is 46.0 Å². The van der Waals surface area contributed by atoms with E-state index < -0.39 is 9.84 Å². The number of sulfone groups is 1. The summed E-state index contributed by atoms with van der Waals surface area (Å²) in [5.74, 6) is 1.49. The number of hydrogen-bond donors (Lipinski definition) is 1. The second kappa shape index (κ2) is 9.74. The fourth-order valence-electron chi connectivity index (χ4n) is 4.88. The highest BCUT2D eigenvalue weighted by Crippen LogP contribution is 2.43. The molecule has 2 fully saturated rings. The largest absolute Gasteiger partial charge is 0.360 e. The molecule has 0 unspecified atom stereocenters. The Hall–Kier alpha value is -3.80. The number of hydrogen-bond acceptors (Lipinski definition) is 10. The van der Waals surface area contributed by atoms with E-state index >= 15 is 0 Å². The molecule has 0 radical (unpaired) electrons. The molecule has 6 rings (SSSR count). The van der Waals surface area contributed by atoms with Gasteiger partial charge in [-0.2, -0.15) is 0 Å². The van der Waals surface area contributed by atoms with Crippen LogP contribution in [0.4, 0.5) is 5.82 Å². The zero-order chi connectivity index (χ0) is 27.3. The number of pyridine rings is 1. The topological polar surface area (TPSA) is 146 Å². The highest BCUT2D eigenvalue weighted by atomic mass is 32.2. The Kier molecular flexibility index (Phi) is 6.37. The SMILES string of the molecule is CCS(=O)(=O)c1ccc(CNc2nc3cnc(-c4c(C)ncnc4C4CC4)nc3n([C@@H](C)C3CC3)c2=O)nc1. The molecule has 0 aliphatic heterocycles. The van der Waals surface area contributed by atoms with Gasteiger partial charge in [0.1, 0.15) is 11.8 Å². The normalized spacial score (nSPS) is 16.4. The van der Waals surface area contributed by atoms with Crippen LogP contribution in [0.5, 0.6) is 0 Å². The van der Waals surface area contributed by atoms with Crippen LogP contribution in [0.1, 0.15) is 68.6 Å². The van der Waals surface area contributed by atoms with Gasteiger partial charge in [-0.1, -0.05) is 6.92 Å². The first-order valence-electron chi connectivity index (χ1n) is 13.3. The van der Waals surface area contributed by atoms with E-state index in [1.54, 1.807) is 30.1 Å². The van der Waals surface area contributed by atoms with Crippen LogP contribution in [0.25, 0.3) is 22.6 Å². The zero-order valence-corrected chi connectivity index (χ0v) is 22.9. The van der Waals surface area contributed by atoms with Crippen LogP contribution in [0, 0.1) is 12.8 Å². The maximum Gasteiger partial charge on any atom is 0.295 e. The fraction of sp³-hybridized carbons (Fsp3) is 0.444. The van der Waals surface area contributed by atoms with E-state index in [1.165, 1.54) is 12.3 Å². The van der Waals surface area contributed by atoms with Gasteiger partial charge < -0.3 is 5.32 Å². The van der Waals surface area contributed by atoms with Crippen LogP contribution in [-0.2, 0) is 16.4 Å². The second-order valence-corrected chi connectivity index (χ2v) is 12.6. The number of rotatable bonds is 9. The molecular formula is C27H30N8O3S. The molecule has 4 heterocycles. The summed E-state index contributed by atoms with van der Waals surface area (Å²) in [5.41, 5.74) is 3.93. The number of nitrogens with one attached hydrogen (secondary N) is 1. The van der Waals surface area contributed by atoms with E-state index in [2.05, 4.69) is 30.2 Å². The Morgan fingerprint density at radius 2 is 1.85 bits per heavy atom. The van der Waals surface area contributed by atoms with Crippen LogP contribution in [0.2, 0.25) is 0 Å². The molecule has 2 saturated carbocycles. The lowest BCUT2D eigenvalue weighted by atomic mass is 10.1. The fourth-order valence-corrected chi connectivity index (χ4v) is 5.70. The predicted octanol–water partition coefficient (Wildman–Crippen LogP) is 3.60. The molecule has 4 aromatic rings. The highest BCUT2D eigenvalue weighted by Gasteiger charge is 2.33. The first kappa shape index (κ1) is 25.5. The third kappa shape index (κ3) is 4.88. The third-order valence-electron chi connectivity index (χ3n) is 7.57. The van der Waals surface area contributed by atoms with E-state index in [4.69, 9.17) is 4.98 Å². The van der Waals surface area contributed by atoms with Gasteiger partial charge in [-0.05, 0) is 57.6 Å². The van der Waals surface area contributed by atoms with Gasteiger partial charge in [0.25, 0.3) is 5.56 Å². The van der Waals surface area contributed by atoms with Crippen molar-refractivity contribution in [3.63, 3.8) is 0 Å². The number of aryl methyl sites for hydroxylation is 1. The molecule has 2 aliphatic rings. The van der Waals surface area contributed by atoms with Gasteiger partial charge >= 0.3 is 0 Å². The van der Waals surface area contributed by atoms with E-state index in [0.717, 1.165) is 42.6 Å². The molecular weight excluding hydrogens is 516 g/mol. The summed E-state index contributed by atoms with van der Waals surface area (Å²) in [7, 11) is -3.33. The third-order valence-corrected chi connectivity index (χ3v) is 9.29. The summed E-state index contributed by atoms with van der Waals surface area (Å²) in [4.78, 5) is 41.2. The average Bonchev–Trinajstić information content (AvgIpc) is 3.85. The van der Waals surface area contributed by atoms with Gasteiger partial charge in [-0.3, -0.25) is 14.3 Å². The Labute approximate surface area is 226 Å². The molecule has 11 nitrogen and oxygen atoms in total. The van der Waals surface area contributed by atoms with Crippen molar-refractivity contribution in [2.45, 2.75) is 69.9 Å². The molecule has 1 atom stereocenters. The highest BCUT2D eigenvalue weighted by molar-refractivity contribution is 7.91. The van der Waals surface area contributed by atoms with Crippen LogP contribution in [0.15, 0.2) is 40.5 Å². The zero-order valence-electron chi connectivity index (χ0n) is 22.1. The van der Waals surface area contributed by atoms with Crippen molar-refractivity contribution >= 4 is 26.8 Å². The van der Waals surface area contributed by atoms with Gasteiger partial charge in [-0.15, -0.1) is 0 Å². The molecule has 202 valence electrons. The first-order chi connectivity index (χ1) is 18.8. The van der Waals surface area contributed by atoms with Crippen LogP contribution in [0.3, 0.4) is 0 Å². The number of anilines is 1. The Bertz CT molecular complexity index is 1730. The molecule has 1 N–H and O–H groups in total. The van der Waals surface area contributed by atoms with Crippen molar-refractivity contribution in [1.82, 2.24) is 34.5 Å². The van der Waals surface area contributed by atoms with Crippen LogP contribution in [-0.4, -0.2) is 48.6 Å². The summed E-state index contributed by atoms with van der Waals surface area (Å²) >= 11 is 0. The molecule has 0 bridgehead atoms. The minimum absolute atomic E-state index is 0.00848. The average molecular weight is 547 g/mol. The quantitative estimate of drug-likeness (QED) is 0.330. The first-order valence-corrected chi connectivity index (χ1v) is 14.9. The summed E-state index contributed by atoms with van der Waals surface area (Å²) in [6.07, 6.45) is 8.89. The summed E-state index contributed by atoms with van der Waals surface area (Å²) < 4.78 is 25.9. The van der Waals surface area contributed by atoms with E-state index in [1.807, 2.05) is 13.8 Å². The minimum Gasteiger partial charge on any atom is -0.360 e. The molecule has 0 amide bonds. The lowest BCUT2D eigenvalue weighted by Crippen LogP contribution is -2.29. The number of aromatic nitrogens is 7. The summed E-state index contributed by atoms with van der Waals surface area (Å²) in [6, 6.07) is 3.11. The van der Waals surface area contributed by atoms with Crippen molar-refractivity contribution in [3.05, 3.63) is 58.3 Å². The van der Waals surface area contributed by atoms with E-state index in [-0.39, 0.29) is 34.6 Å². The standard InChI is InChI=1S/C27H30N8O3S/c1-4-39(37,38)20-10-9-19(28-12-20)11-29-25-27(36)35(16(3)17-5-6-17)26-21(33-25)13-30-24(34-26)22-15(2)31-14-32-23(22)18-7-8-18/h9-10,12-14,16-18H,4-8,11H2,1-3H3,(H,29,33)/t16-/m0/s1. The molecule has 0 saturated heterocycles. The predicted molar refractivity (Wildman–Crippen MR) is 146 cm³/mol.